The topological polar surface area (TPSA) is 121 Å². The fourth-order valence-corrected chi connectivity index (χ4v) is 6.15. The molecule has 2 aliphatic rings. The maximum atomic E-state index is 13.3. The van der Waals surface area contributed by atoms with Gasteiger partial charge in [-0.25, -0.2) is 4.98 Å². The molecule has 2 saturated carbocycles. The highest BCUT2D eigenvalue weighted by molar-refractivity contribution is 7.99. The lowest BCUT2D eigenvalue weighted by Gasteiger charge is -2.40. The number of rotatable bonds is 4. The first-order valence-electron chi connectivity index (χ1n) is 10.7. The lowest BCUT2D eigenvalue weighted by Crippen LogP contribution is -2.40. The van der Waals surface area contributed by atoms with E-state index in [1.54, 1.807) is 0 Å². The monoisotopic (exact) mass is 465 g/mol. The number of alkyl halides is 3. The quantitative estimate of drug-likeness (QED) is 0.612. The van der Waals surface area contributed by atoms with E-state index in [1.807, 2.05) is 0 Å². The van der Waals surface area contributed by atoms with Crippen molar-refractivity contribution in [3.63, 3.8) is 0 Å². The molecular weight excluding hydrogens is 439 g/mol. The van der Waals surface area contributed by atoms with Gasteiger partial charge in [-0.2, -0.15) is 13.2 Å². The first-order chi connectivity index (χ1) is 15.1. The van der Waals surface area contributed by atoms with Crippen LogP contribution in [0.25, 0.3) is 0 Å². The van der Waals surface area contributed by atoms with Crippen LogP contribution in [0.3, 0.4) is 0 Å². The van der Waals surface area contributed by atoms with Crippen molar-refractivity contribution < 1.29 is 18.0 Å². The number of pyridine rings is 2. The molecule has 2 aliphatic carbocycles. The van der Waals surface area contributed by atoms with Gasteiger partial charge in [-0.1, -0.05) is 18.2 Å². The molecule has 1 atom stereocenters. The van der Waals surface area contributed by atoms with Gasteiger partial charge >= 0.3 is 6.18 Å². The third kappa shape index (κ3) is 4.30. The van der Waals surface area contributed by atoms with Crippen LogP contribution in [-0.2, 0) is 6.18 Å². The molecule has 0 unspecified atom stereocenters. The summed E-state index contributed by atoms with van der Waals surface area (Å²) in [4.78, 5) is 20.3. The molecule has 6 nitrogen and oxygen atoms in total. The molecule has 4 rings (SSSR count). The van der Waals surface area contributed by atoms with E-state index in [0.29, 0.717) is 5.69 Å². The number of halogens is 3. The summed E-state index contributed by atoms with van der Waals surface area (Å²) in [7, 11) is 0. The summed E-state index contributed by atoms with van der Waals surface area (Å²) in [6.07, 6.45) is 3.35. The second-order valence-electron chi connectivity index (χ2n) is 8.75. The van der Waals surface area contributed by atoms with Gasteiger partial charge in [-0.15, -0.1) is 0 Å². The number of anilines is 1. The summed E-state index contributed by atoms with van der Waals surface area (Å²) in [6.45, 7) is 0. The highest BCUT2D eigenvalue weighted by Crippen LogP contribution is 2.52. The number of nitrogens with two attached hydrogens (primary N) is 3. The van der Waals surface area contributed by atoms with Crippen LogP contribution in [0.2, 0.25) is 0 Å². The van der Waals surface area contributed by atoms with Crippen LogP contribution in [0.1, 0.15) is 72.6 Å². The smallest absolute Gasteiger partial charge is 0.383 e. The second-order valence-corrected chi connectivity index (χ2v) is 9.84. The van der Waals surface area contributed by atoms with Gasteiger partial charge in [-0.05, 0) is 62.1 Å². The van der Waals surface area contributed by atoms with Crippen molar-refractivity contribution in [2.45, 2.75) is 72.9 Å². The van der Waals surface area contributed by atoms with Gasteiger partial charge in [0, 0.05) is 23.1 Å². The van der Waals surface area contributed by atoms with Crippen LogP contribution in [-0.4, -0.2) is 21.9 Å². The molecule has 2 aromatic rings. The Labute approximate surface area is 188 Å². The average Bonchev–Trinajstić information content (AvgIpc) is 3.09. The summed E-state index contributed by atoms with van der Waals surface area (Å²) in [6, 6.07) is 4.39. The molecule has 10 heteroatoms. The highest BCUT2D eigenvalue weighted by Gasteiger charge is 2.44. The molecule has 1 amide bonds. The highest BCUT2D eigenvalue weighted by atomic mass is 32.2. The van der Waals surface area contributed by atoms with Gasteiger partial charge in [0.15, 0.2) is 5.69 Å². The zero-order valence-corrected chi connectivity index (χ0v) is 18.3. The van der Waals surface area contributed by atoms with Crippen molar-refractivity contribution in [1.82, 2.24) is 9.97 Å². The van der Waals surface area contributed by atoms with E-state index in [-0.39, 0.29) is 38.5 Å². The Kier molecular flexibility index (Phi) is 6.10. The Bertz CT molecular complexity index is 1020. The summed E-state index contributed by atoms with van der Waals surface area (Å²) < 4.78 is 39.9. The number of carbonyl (C=O) groups is 1. The van der Waals surface area contributed by atoms with Crippen molar-refractivity contribution >= 4 is 23.5 Å². The largest absolute Gasteiger partial charge is 0.434 e. The molecule has 2 heterocycles. The van der Waals surface area contributed by atoms with Gasteiger partial charge in [-0.3, -0.25) is 9.78 Å². The number of amides is 1. The fraction of sp³-hybridized carbons (Fsp3) is 0.500. The summed E-state index contributed by atoms with van der Waals surface area (Å²) >= 11 is 0.776. The Morgan fingerprint density at radius 2 is 1.88 bits per heavy atom. The molecule has 0 bridgehead atoms. The summed E-state index contributed by atoms with van der Waals surface area (Å²) in [5.74, 6) is -0.583. The fourth-order valence-electron chi connectivity index (χ4n) is 5.17. The first-order valence-corrected chi connectivity index (χ1v) is 11.5. The van der Waals surface area contributed by atoms with Crippen LogP contribution in [0.5, 0.6) is 0 Å². The minimum Gasteiger partial charge on any atom is -0.383 e. The number of hydrogen-bond acceptors (Lipinski definition) is 6. The number of hydrogen-bond donors (Lipinski definition) is 3. The number of nitrogens with zero attached hydrogens (tertiary/aromatic N) is 2. The molecule has 2 aromatic heterocycles. The second kappa shape index (κ2) is 8.55. The molecule has 0 aliphatic heterocycles. The molecular formula is C22H26F3N5OS. The van der Waals surface area contributed by atoms with Crippen LogP contribution < -0.4 is 17.2 Å². The van der Waals surface area contributed by atoms with Crippen molar-refractivity contribution in [1.29, 1.82) is 0 Å². The third-order valence-corrected chi connectivity index (χ3v) is 8.01. The SMILES string of the molecule is NC(=O)c1cc(Sc2cccnc2C(F)(F)F)c(N)nc1C1CCC2(CCC[C@H]2N)CC1. The summed E-state index contributed by atoms with van der Waals surface area (Å²) in [5.41, 5.74) is 18.0. The standard InChI is InChI=1S/C22H26F3N5OS/c23-22(24,25)18-14(3-2-10-29-18)32-15-11-13(20(28)31)17(30-19(15)27)12-5-8-21(9-6-12)7-1-4-16(21)26/h2-3,10-12,16H,1,4-9,26H2,(H2,27,30)(H2,28,31)/t12?,16-,21?/m1/s1. The van der Waals surface area contributed by atoms with Crippen LogP contribution in [0.4, 0.5) is 19.0 Å². The van der Waals surface area contributed by atoms with E-state index in [0.717, 1.165) is 62.9 Å². The van der Waals surface area contributed by atoms with E-state index >= 15 is 0 Å². The molecule has 0 radical (unpaired) electrons. The van der Waals surface area contributed by atoms with E-state index in [1.165, 1.54) is 18.2 Å². The van der Waals surface area contributed by atoms with Gasteiger partial charge in [0.25, 0.3) is 5.91 Å². The minimum atomic E-state index is -4.61. The Morgan fingerprint density at radius 1 is 1.16 bits per heavy atom. The maximum Gasteiger partial charge on any atom is 0.434 e. The Balaban J connectivity index is 1.62. The van der Waals surface area contributed by atoms with E-state index < -0.39 is 17.8 Å². The predicted molar refractivity (Wildman–Crippen MR) is 116 cm³/mol. The predicted octanol–water partition coefficient (Wildman–Crippen LogP) is 4.48. The third-order valence-electron chi connectivity index (χ3n) is 6.91. The molecule has 172 valence electrons. The van der Waals surface area contributed by atoms with E-state index in [9.17, 15) is 18.0 Å². The zero-order chi connectivity index (χ0) is 23.1. The number of nitrogen functional groups attached to an aromatic ring is 1. The van der Waals surface area contributed by atoms with Crippen LogP contribution >= 0.6 is 11.8 Å². The Hall–Kier alpha value is -2.33. The number of aromatic nitrogens is 2. The average molecular weight is 466 g/mol. The lowest BCUT2D eigenvalue weighted by atomic mass is 9.66. The van der Waals surface area contributed by atoms with Crippen molar-refractivity contribution in [2.24, 2.45) is 16.9 Å². The van der Waals surface area contributed by atoms with Gasteiger partial charge in [0.05, 0.1) is 16.2 Å². The summed E-state index contributed by atoms with van der Waals surface area (Å²) in [5, 5.41) is 0. The molecule has 1 spiro atoms. The van der Waals surface area contributed by atoms with E-state index in [4.69, 9.17) is 17.2 Å². The zero-order valence-electron chi connectivity index (χ0n) is 17.5. The number of primary amides is 1. The first kappa shape index (κ1) is 22.8. The van der Waals surface area contributed by atoms with Crippen molar-refractivity contribution in [2.75, 3.05) is 5.73 Å². The van der Waals surface area contributed by atoms with E-state index in [2.05, 4.69) is 9.97 Å². The van der Waals surface area contributed by atoms with Gasteiger partial charge < -0.3 is 17.2 Å². The maximum absolute atomic E-state index is 13.3. The number of carbonyl (C=O) groups excluding carboxylic acids is 1. The van der Waals surface area contributed by atoms with Crippen LogP contribution in [0.15, 0.2) is 34.2 Å². The molecule has 32 heavy (non-hydrogen) atoms. The molecule has 0 saturated heterocycles. The minimum absolute atomic E-state index is 0.0152. The van der Waals surface area contributed by atoms with Crippen LogP contribution in [0, 0.1) is 5.41 Å². The lowest BCUT2D eigenvalue weighted by molar-refractivity contribution is -0.143. The van der Waals surface area contributed by atoms with Gasteiger partial charge in [0.2, 0.25) is 0 Å². The van der Waals surface area contributed by atoms with Gasteiger partial charge in [0.1, 0.15) is 5.82 Å². The normalized spacial score (nSPS) is 25.9. The molecule has 6 N–H and O–H groups in total. The Morgan fingerprint density at radius 3 is 2.47 bits per heavy atom. The molecule has 2 fully saturated rings. The molecule has 0 aromatic carbocycles. The van der Waals surface area contributed by atoms with Crippen molar-refractivity contribution in [3.8, 4) is 0 Å². The van der Waals surface area contributed by atoms with Crippen molar-refractivity contribution in [3.05, 3.63) is 41.3 Å².